The number of rotatable bonds is 8. The largest absolute Gasteiger partial charge is 0.0561 e. The minimum atomic E-state index is -0.0107. The SMILES string of the molecule is CC(C)(C)c1cc(C2CCN(c3cc(C(C)(C)C)ccn3)c3cc(Oc4cccc(-n5[c](=[Pt])n(-c6c(-c7ccccc7)cccc6-c6ccccc6)c6ccccc65)c4)ccc32)cc(C(C)(C)C)c1. The fourth-order valence-electron chi connectivity index (χ4n) is 9.86. The number of hydrogen-bond acceptors (Lipinski definition) is 3. The molecule has 0 saturated heterocycles. The Kier molecular flexibility index (Phi) is 12.1. The zero-order valence-electron chi connectivity index (χ0n) is 41.3. The molecular weight excluding hydrogens is 1020 g/mol. The summed E-state index contributed by atoms with van der Waals surface area (Å²) in [5, 5.41) is 0. The summed E-state index contributed by atoms with van der Waals surface area (Å²) >= 11 is 2.52. The van der Waals surface area contributed by atoms with Gasteiger partial charge in [-0.1, -0.05) is 80.5 Å². The minimum Gasteiger partial charge on any atom is -0.0561 e. The fraction of sp³-hybridized carbons (Fsp3) is 0.238. The van der Waals surface area contributed by atoms with E-state index < -0.39 is 0 Å². The summed E-state index contributed by atoms with van der Waals surface area (Å²) in [4.78, 5) is 7.42. The van der Waals surface area contributed by atoms with Crippen molar-refractivity contribution in [1.29, 1.82) is 0 Å². The third-order valence-electron chi connectivity index (χ3n) is 13.7. The predicted molar refractivity (Wildman–Crippen MR) is 283 cm³/mol. The molecule has 350 valence electrons. The standard InChI is InChI=1S/C63H62N4O.Pt/c1-61(2,3)46-32-34-64-59(39-46)65-35-33-52(45-36-47(62(4,5)6)38-48(37-45)63(7,8)9)55-31-30-51(41-58(55)65)68-50-25-18-24-49(40-50)66-42-67(57-29-17-16-28-56(57)66)60-53(43-20-12-10-13-21-43)26-19-27-54(60)44-22-14-11-15-23-44;/h10-32,34,36-41,52H,33,35H2,1-9H3;. The maximum absolute atomic E-state index is 6.97. The first-order valence-corrected chi connectivity index (χ1v) is 25.4. The van der Waals surface area contributed by atoms with Crippen LogP contribution in [0.25, 0.3) is 44.7 Å². The van der Waals surface area contributed by atoms with Gasteiger partial charge in [0.15, 0.2) is 0 Å². The number of benzene rings is 7. The molecule has 5 nitrogen and oxygen atoms in total. The molecule has 0 radical (unpaired) electrons. The van der Waals surface area contributed by atoms with Crippen LogP contribution in [0.3, 0.4) is 0 Å². The number of imidazole rings is 1. The van der Waals surface area contributed by atoms with Gasteiger partial charge in [0.2, 0.25) is 0 Å². The van der Waals surface area contributed by atoms with E-state index in [2.05, 4.69) is 272 Å². The second-order valence-electron chi connectivity index (χ2n) is 21.6. The van der Waals surface area contributed by atoms with Crippen molar-refractivity contribution in [2.24, 2.45) is 0 Å². The van der Waals surface area contributed by atoms with Gasteiger partial charge in [-0.25, -0.2) is 0 Å². The number of ether oxygens (including phenoxy) is 1. The second-order valence-corrected chi connectivity index (χ2v) is 22.7. The van der Waals surface area contributed by atoms with E-state index in [1.807, 2.05) is 6.20 Å². The number of pyridine rings is 1. The average molecular weight is 1090 g/mol. The smallest absolute Gasteiger partial charge is 0.0132 e. The molecule has 7 aromatic carbocycles. The maximum atomic E-state index is 6.97. The summed E-state index contributed by atoms with van der Waals surface area (Å²) < 4.78 is 12.8. The van der Waals surface area contributed by atoms with Crippen molar-refractivity contribution in [1.82, 2.24) is 14.1 Å². The van der Waals surface area contributed by atoms with Crippen LogP contribution >= 0.6 is 0 Å². The molecule has 1 atom stereocenters. The quantitative estimate of drug-likeness (QED) is 0.152. The van der Waals surface area contributed by atoms with Crippen molar-refractivity contribution in [2.75, 3.05) is 11.4 Å². The first-order chi connectivity index (χ1) is 33.0. The van der Waals surface area contributed by atoms with Crippen molar-refractivity contribution in [2.45, 2.75) is 90.9 Å². The maximum Gasteiger partial charge on any atom is -0.0132 e. The van der Waals surface area contributed by atoms with Gasteiger partial charge in [-0.3, -0.25) is 0 Å². The first kappa shape index (κ1) is 46.2. The molecular formula is C63H62N4OPt. The molecule has 0 bridgehead atoms. The molecule has 0 spiro atoms. The molecule has 2 aromatic heterocycles. The molecule has 0 fully saturated rings. The Labute approximate surface area is 419 Å². The Morgan fingerprint density at radius 2 is 1.09 bits per heavy atom. The molecule has 0 aliphatic carbocycles. The van der Waals surface area contributed by atoms with Crippen molar-refractivity contribution < 1.29 is 24.1 Å². The molecule has 1 aliphatic rings. The number of hydrogen-bond donors (Lipinski definition) is 0. The zero-order chi connectivity index (χ0) is 48.2. The average Bonchev–Trinajstić information content (AvgIpc) is 3.64. The van der Waals surface area contributed by atoms with Crippen LogP contribution in [0.15, 0.2) is 182 Å². The van der Waals surface area contributed by atoms with Gasteiger partial charge in [0.1, 0.15) is 0 Å². The third-order valence-corrected chi connectivity index (χ3v) is 14.7. The summed E-state index contributed by atoms with van der Waals surface area (Å²) in [7, 11) is 0. The van der Waals surface area contributed by atoms with Crippen LogP contribution in [0.5, 0.6) is 11.5 Å². The Morgan fingerprint density at radius 3 is 1.70 bits per heavy atom. The van der Waals surface area contributed by atoms with Gasteiger partial charge >= 0.3 is 296 Å². The molecule has 6 heteroatoms. The van der Waals surface area contributed by atoms with Crippen molar-refractivity contribution in [3.05, 3.63) is 214 Å². The Bertz CT molecular complexity index is 3310. The molecule has 69 heavy (non-hydrogen) atoms. The first-order valence-electron chi connectivity index (χ1n) is 24.3. The molecule has 0 amide bonds. The number of nitrogens with zero attached hydrogens (tertiary/aromatic N) is 4. The Balaban J connectivity index is 1.08. The Hall–Kier alpha value is -6.55. The van der Waals surface area contributed by atoms with Crippen molar-refractivity contribution in [3.63, 3.8) is 0 Å². The molecule has 3 heterocycles. The van der Waals surface area contributed by atoms with Crippen LogP contribution < -0.4 is 9.64 Å². The van der Waals surface area contributed by atoms with E-state index in [0.29, 0.717) is 0 Å². The molecule has 0 N–H and O–H groups in total. The molecule has 1 aliphatic heterocycles. The van der Waals surface area contributed by atoms with E-state index >= 15 is 0 Å². The molecule has 0 saturated carbocycles. The summed E-state index contributed by atoms with van der Waals surface area (Å²) in [5.74, 6) is 2.73. The summed E-state index contributed by atoms with van der Waals surface area (Å²) in [5.41, 5.74) is 16.9. The van der Waals surface area contributed by atoms with Gasteiger partial charge in [0.05, 0.1) is 0 Å². The normalized spacial score (nSPS) is 14.2. The van der Waals surface area contributed by atoms with Crippen LogP contribution in [0.4, 0.5) is 11.5 Å². The summed E-state index contributed by atoms with van der Waals surface area (Å²) in [6.45, 7) is 21.6. The number of para-hydroxylation sites is 3. The monoisotopic (exact) mass is 1090 g/mol. The van der Waals surface area contributed by atoms with Gasteiger partial charge in [-0.15, -0.1) is 0 Å². The van der Waals surface area contributed by atoms with E-state index in [1.54, 1.807) is 0 Å². The van der Waals surface area contributed by atoms with Crippen molar-refractivity contribution in [3.8, 4) is 45.1 Å². The summed E-state index contributed by atoms with van der Waals surface area (Å²) in [6, 6.07) is 63.8. The third kappa shape index (κ3) is 9.10. The van der Waals surface area contributed by atoms with Crippen LogP contribution in [-0.2, 0) is 35.6 Å². The van der Waals surface area contributed by atoms with Gasteiger partial charge in [0.25, 0.3) is 0 Å². The second kappa shape index (κ2) is 18.1. The van der Waals surface area contributed by atoms with E-state index in [0.717, 1.165) is 62.2 Å². The van der Waals surface area contributed by atoms with E-state index in [4.69, 9.17) is 9.72 Å². The van der Waals surface area contributed by atoms with E-state index in [-0.39, 0.29) is 22.2 Å². The minimum absolute atomic E-state index is 0.0107. The van der Waals surface area contributed by atoms with Gasteiger partial charge in [-0.2, -0.15) is 0 Å². The van der Waals surface area contributed by atoms with Crippen molar-refractivity contribution >= 4 is 22.5 Å². The van der Waals surface area contributed by atoms with E-state index in [9.17, 15) is 0 Å². The number of anilines is 2. The van der Waals surface area contributed by atoms with Gasteiger partial charge < -0.3 is 0 Å². The fourth-order valence-corrected chi connectivity index (χ4v) is 11.0. The number of fused-ring (bicyclic) bond motifs is 2. The van der Waals surface area contributed by atoms with Crippen LogP contribution in [0.2, 0.25) is 0 Å². The van der Waals surface area contributed by atoms with Crippen LogP contribution in [-0.4, -0.2) is 20.7 Å². The van der Waals surface area contributed by atoms with Crippen LogP contribution in [0, 0.1) is 3.80 Å². The van der Waals surface area contributed by atoms with Crippen LogP contribution in [0.1, 0.15) is 102 Å². The number of aromatic nitrogens is 3. The Morgan fingerprint density at radius 1 is 0.522 bits per heavy atom. The van der Waals surface area contributed by atoms with Gasteiger partial charge in [0, 0.05) is 6.20 Å². The molecule has 9 aromatic rings. The summed E-state index contributed by atoms with van der Waals surface area (Å²) in [6.07, 6.45) is 2.94. The predicted octanol–water partition coefficient (Wildman–Crippen LogP) is 16.6. The molecule has 1 unspecified atom stereocenters. The van der Waals surface area contributed by atoms with Gasteiger partial charge in [-0.05, 0) is 39.0 Å². The topological polar surface area (TPSA) is 35.2 Å². The zero-order valence-corrected chi connectivity index (χ0v) is 43.6. The molecule has 10 rings (SSSR count). The van der Waals surface area contributed by atoms with E-state index in [1.165, 1.54) is 50.1 Å².